The van der Waals surface area contributed by atoms with Gasteiger partial charge < -0.3 is 9.72 Å². The zero-order valence-corrected chi connectivity index (χ0v) is 15.7. The average Bonchev–Trinajstić information content (AvgIpc) is 2.69. The van der Waals surface area contributed by atoms with Crippen molar-refractivity contribution in [1.29, 1.82) is 5.26 Å². The van der Waals surface area contributed by atoms with Crippen molar-refractivity contribution in [1.82, 2.24) is 9.97 Å². The van der Waals surface area contributed by atoms with Crippen LogP contribution in [0.25, 0.3) is 11.3 Å². The van der Waals surface area contributed by atoms with Crippen molar-refractivity contribution in [2.75, 3.05) is 6.26 Å². The largest absolute Gasteiger partial charge is 0.489 e. The second kappa shape index (κ2) is 8.25. The number of ether oxygens (including phenoxy) is 1. The molecule has 136 valence electrons. The highest BCUT2D eigenvalue weighted by Crippen LogP contribution is 2.25. The lowest BCUT2D eigenvalue weighted by Gasteiger charge is -2.09. The van der Waals surface area contributed by atoms with E-state index in [9.17, 15) is 14.4 Å². The van der Waals surface area contributed by atoms with Crippen LogP contribution in [0, 0.1) is 17.1 Å². The number of H-pyrrole nitrogens is 1. The minimum absolute atomic E-state index is 0.0229. The number of aromatic nitrogens is 2. The minimum atomic E-state index is -0.508. The zero-order valence-electron chi connectivity index (χ0n) is 14.1. The van der Waals surface area contributed by atoms with Gasteiger partial charge in [-0.3, -0.25) is 4.79 Å². The van der Waals surface area contributed by atoms with Crippen LogP contribution in [-0.2, 0) is 6.61 Å². The molecule has 0 fully saturated rings. The van der Waals surface area contributed by atoms with Gasteiger partial charge in [0, 0.05) is 11.1 Å². The summed E-state index contributed by atoms with van der Waals surface area (Å²) >= 11 is 7.03. The van der Waals surface area contributed by atoms with Crippen LogP contribution in [0.3, 0.4) is 0 Å². The Bertz CT molecular complexity index is 1080. The molecule has 5 nitrogen and oxygen atoms in total. The Balaban J connectivity index is 1.84. The van der Waals surface area contributed by atoms with E-state index in [4.69, 9.17) is 16.3 Å². The van der Waals surface area contributed by atoms with E-state index in [1.165, 1.54) is 17.8 Å². The Morgan fingerprint density at radius 3 is 2.70 bits per heavy atom. The van der Waals surface area contributed by atoms with E-state index in [1.54, 1.807) is 42.7 Å². The molecule has 0 bridgehead atoms. The topological polar surface area (TPSA) is 78.8 Å². The first-order chi connectivity index (χ1) is 13.0. The number of nitriles is 1. The van der Waals surface area contributed by atoms with Crippen molar-refractivity contribution in [3.63, 3.8) is 0 Å². The van der Waals surface area contributed by atoms with Gasteiger partial charge in [-0.2, -0.15) is 5.26 Å². The molecule has 0 unspecified atom stereocenters. The van der Waals surface area contributed by atoms with Crippen molar-refractivity contribution in [3.05, 3.63) is 74.8 Å². The maximum atomic E-state index is 13.9. The van der Waals surface area contributed by atoms with Gasteiger partial charge in [-0.25, -0.2) is 9.37 Å². The Morgan fingerprint density at radius 2 is 2.04 bits per heavy atom. The Kier molecular flexibility index (Phi) is 5.79. The molecule has 0 radical (unpaired) electrons. The quantitative estimate of drug-likeness (QED) is 0.506. The molecule has 27 heavy (non-hydrogen) atoms. The lowest BCUT2D eigenvalue weighted by molar-refractivity contribution is 0.300. The van der Waals surface area contributed by atoms with Crippen LogP contribution in [0.2, 0.25) is 5.02 Å². The number of rotatable bonds is 5. The molecule has 0 aliphatic rings. The first-order valence-electron chi connectivity index (χ1n) is 7.78. The molecule has 0 aliphatic heterocycles. The molecule has 0 atom stereocenters. The number of halogens is 2. The van der Waals surface area contributed by atoms with Gasteiger partial charge in [-0.05, 0) is 36.6 Å². The third-order valence-corrected chi connectivity index (χ3v) is 4.63. The molecule has 3 rings (SSSR count). The van der Waals surface area contributed by atoms with E-state index in [-0.39, 0.29) is 17.2 Å². The summed E-state index contributed by atoms with van der Waals surface area (Å²) < 4.78 is 19.5. The van der Waals surface area contributed by atoms with Gasteiger partial charge in [-0.1, -0.05) is 35.5 Å². The number of benzene rings is 2. The fourth-order valence-electron chi connectivity index (χ4n) is 2.39. The highest BCUT2D eigenvalue weighted by atomic mass is 35.5. The molecule has 2 aromatic carbocycles. The molecular weight excluding hydrogens is 389 g/mol. The SMILES string of the molecule is CSc1nc(-c2ccc(OCc3cccc(Cl)c3F)cc2)c(C#N)c(=O)[nH]1. The average molecular weight is 402 g/mol. The number of nitrogens with one attached hydrogen (secondary N) is 1. The summed E-state index contributed by atoms with van der Waals surface area (Å²) in [4.78, 5) is 18.9. The highest BCUT2D eigenvalue weighted by molar-refractivity contribution is 7.98. The highest BCUT2D eigenvalue weighted by Gasteiger charge is 2.13. The second-order valence-electron chi connectivity index (χ2n) is 5.44. The molecule has 3 aromatic rings. The fourth-order valence-corrected chi connectivity index (χ4v) is 2.96. The van der Waals surface area contributed by atoms with Crippen molar-refractivity contribution in [2.45, 2.75) is 11.8 Å². The minimum Gasteiger partial charge on any atom is -0.489 e. The summed E-state index contributed by atoms with van der Waals surface area (Å²) in [5.41, 5.74) is 0.720. The van der Waals surface area contributed by atoms with Crippen LogP contribution in [0.5, 0.6) is 5.75 Å². The number of hydrogen-bond donors (Lipinski definition) is 1. The molecule has 8 heteroatoms. The van der Waals surface area contributed by atoms with E-state index >= 15 is 0 Å². The smallest absolute Gasteiger partial charge is 0.270 e. The normalized spacial score (nSPS) is 10.4. The summed E-state index contributed by atoms with van der Waals surface area (Å²) in [5, 5.41) is 9.71. The molecule has 0 spiro atoms. The third kappa shape index (κ3) is 4.13. The van der Waals surface area contributed by atoms with Gasteiger partial charge in [0.25, 0.3) is 5.56 Å². The third-order valence-electron chi connectivity index (χ3n) is 3.76. The Morgan fingerprint density at radius 1 is 1.30 bits per heavy atom. The molecular formula is C19H13ClFN3O2S. The predicted octanol–water partition coefficient (Wildman–Crippen LogP) is 4.40. The van der Waals surface area contributed by atoms with Crippen molar-refractivity contribution in [3.8, 4) is 23.1 Å². The Labute approximate surface area is 163 Å². The van der Waals surface area contributed by atoms with E-state index in [1.807, 2.05) is 6.07 Å². The summed E-state index contributed by atoms with van der Waals surface area (Å²) in [5.74, 6) is -0.00156. The van der Waals surface area contributed by atoms with Gasteiger partial charge in [0.1, 0.15) is 29.8 Å². The maximum Gasteiger partial charge on any atom is 0.270 e. The summed E-state index contributed by atoms with van der Waals surface area (Å²) in [6.07, 6.45) is 1.78. The van der Waals surface area contributed by atoms with Crippen LogP contribution < -0.4 is 10.3 Å². The molecule has 1 aromatic heterocycles. The summed E-state index contributed by atoms with van der Waals surface area (Å²) in [6, 6.07) is 13.3. The number of aromatic amines is 1. The molecule has 0 saturated heterocycles. The van der Waals surface area contributed by atoms with Crippen LogP contribution >= 0.6 is 23.4 Å². The van der Waals surface area contributed by atoms with Crippen molar-refractivity contribution in [2.24, 2.45) is 0 Å². The van der Waals surface area contributed by atoms with Gasteiger partial charge >= 0.3 is 0 Å². The van der Waals surface area contributed by atoms with Gasteiger partial charge in [0.15, 0.2) is 5.16 Å². The number of nitrogens with zero attached hydrogens (tertiary/aromatic N) is 2. The molecule has 0 amide bonds. The molecule has 1 heterocycles. The standard InChI is InChI=1S/C19H13ClFN3O2S/c1-27-19-23-17(14(9-22)18(25)24-19)11-5-7-13(8-6-11)26-10-12-3-2-4-15(20)16(12)21/h2-8H,10H2,1H3,(H,23,24,25). The first-order valence-corrected chi connectivity index (χ1v) is 9.38. The summed E-state index contributed by atoms with van der Waals surface area (Å²) in [7, 11) is 0. The number of hydrogen-bond acceptors (Lipinski definition) is 5. The van der Waals surface area contributed by atoms with Crippen LogP contribution in [-0.4, -0.2) is 16.2 Å². The monoisotopic (exact) mass is 401 g/mol. The van der Waals surface area contributed by atoms with Gasteiger partial charge in [-0.15, -0.1) is 0 Å². The Hall–Kier alpha value is -2.82. The molecule has 0 saturated carbocycles. The van der Waals surface area contributed by atoms with Crippen molar-refractivity contribution >= 4 is 23.4 Å². The first kappa shape index (κ1) is 19.0. The molecule has 1 N–H and O–H groups in total. The van der Waals surface area contributed by atoms with Gasteiger partial charge in [0.05, 0.1) is 10.7 Å². The van der Waals surface area contributed by atoms with Crippen LogP contribution in [0.1, 0.15) is 11.1 Å². The lowest BCUT2D eigenvalue weighted by Crippen LogP contribution is -2.14. The maximum absolute atomic E-state index is 13.9. The second-order valence-corrected chi connectivity index (χ2v) is 6.64. The molecule has 0 aliphatic carbocycles. The van der Waals surface area contributed by atoms with E-state index in [0.29, 0.717) is 27.7 Å². The van der Waals surface area contributed by atoms with E-state index in [2.05, 4.69) is 9.97 Å². The lowest BCUT2D eigenvalue weighted by atomic mass is 10.1. The van der Waals surface area contributed by atoms with E-state index < -0.39 is 11.4 Å². The van der Waals surface area contributed by atoms with Gasteiger partial charge in [0.2, 0.25) is 0 Å². The number of thioether (sulfide) groups is 1. The van der Waals surface area contributed by atoms with Crippen LogP contribution in [0.15, 0.2) is 52.4 Å². The summed E-state index contributed by atoms with van der Waals surface area (Å²) in [6.45, 7) is 0.0229. The zero-order chi connectivity index (χ0) is 19.4. The fraction of sp³-hybridized carbons (Fsp3) is 0.105. The van der Waals surface area contributed by atoms with Crippen LogP contribution in [0.4, 0.5) is 4.39 Å². The van der Waals surface area contributed by atoms with Crippen molar-refractivity contribution < 1.29 is 9.13 Å². The predicted molar refractivity (Wildman–Crippen MR) is 103 cm³/mol. The van der Waals surface area contributed by atoms with E-state index in [0.717, 1.165) is 0 Å².